The number of thiophene rings is 1. The van der Waals surface area contributed by atoms with Crippen molar-refractivity contribution in [1.82, 2.24) is 14.5 Å². The summed E-state index contributed by atoms with van der Waals surface area (Å²) in [5.41, 5.74) is 2.58. The van der Waals surface area contributed by atoms with Crippen LogP contribution in [0.1, 0.15) is 49.2 Å². The standard InChI is InChI=1S/C21H25N3O5S/c1-11-9-15(13(3)24(11)7-6-8-28-5)16(25)10-29-21(27)18-12(2)17-19(26)22-14(4)23-20(17)30-18/h9H,6-8,10H2,1-5H3,(H,22,23,26). The fourth-order valence-electron chi connectivity index (χ4n) is 3.52. The maximum atomic E-state index is 12.7. The lowest BCUT2D eigenvalue weighted by atomic mass is 10.1. The Kier molecular flexibility index (Phi) is 6.52. The quantitative estimate of drug-likeness (QED) is 0.334. The van der Waals surface area contributed by atoms with Crippen molar-refractivity contribution in [2.75, 3.05) is 20.3 Å². The number of aromatic nitrogens is 3. The van der Waals surface area contributed by atoms with E-state index in [0.29, 0.717) is 33.8 Å². The largest absolute Gasteiger partial charge is 0.453 e. The van der Waals surface area contributed by atoms with Crippen molar-refractivity contribution in [2.45, 2.75) is 40.7 Å². The van der Waals surface area contributed by atoms with E-state index in [1.54, 1.807) is 21.0 Å². The Labute approximate surface area is 177 Å². The molecule has 0 saturated carbocycles. The molecule has 30 heavy (non-hydrogen) atoms. The molecule has 0 aliphatic heterocycles. The van der Waals surface area contributed by atoms with Crippen molar-refractivity contribution in [2.24, 2.45) is 0 Å². The molecule has 0 saturated heterocycles. The molecule has 3 aromatic rings. The first-order valence-corrected chi connectivity index (χ1v) is 10.4. The number of methoxy groups -OCH3 is 1. The number of nitrogens with zero attached hydrogens (tertiary/aromatic N) is 2. The van der Waals surface area contributed by atoms with Crippen LogP contribution in [0.15, 0.2) is 10.9 Å². The van der Waals surface area contributed by atoms with Gasteiger partial charge in [0.2, 0.25) is 5.78 Å². The molecule has 160 valence electrons. The van der Waals surface area contributed by atoms with E-state index in [1.807, 2.05) is 19.9 Å². The van der Waals surface area contributed by atoms with Crippen LogP contribution in [-0.2, 0) is 16.0 Å². The minimum atomic E-state index is -0.630. The van der Waals surface area contributed by atoms with Gasteiger partial charge < -0.3 is 19.0 Å². The number of carbonyl (C=O) groups is 2. The number of Topliss-reactive ketones (excluding diaryl/α,β-unsaturated/α-hetero) is 1. The molecule has 1 N–H and O–H groups in total. The van der Waals surface area contributed by atoms with E-state index in [1.165, 1.54) is 0 Å². The molecule has 0 amide bonds. The van der Waals surface area contributed by atoms with Gasteiger partial charge in [0.25, 0.3) is 5.56 Å². The lowest BCUT2D eigenvalue weighted by Gasteiger charge is -2.09. The zero-order valence-corrected chi connectivity index (χ0v) is 18.6. The number of hydrogen-bond donors (Lipinski definition) is 1. The first-order valence-electron chi connectivity index (χ1n) is 9.60. The van der Waals surface area contributed by atoms with E-state index in [2.05, 4.69) is 14.5 Å². The van der Waals surface area contributed by atoms with E-state index in [4.69, 9.17) is 9.47 Å². The monoisotopic (exact) mass is 431 g/mol. The summed E-state index contributed by atoms with van der Waals surface area (Å²) in [6.07, 6.45) is 0.841. The summed E-state index contributed by atoms with van der Waals surface area (Å²) >= 11 is 1.10. The Balaban J connectivity index is 1.74. The SMILES string of the molecule is COCCCn1c(C)cc(C(=O)COC(=O)c2sc3nc(C)[nH]c(=O)c3c2C)c1C. The van der Waals surface area contributed by atoms with Crippen molar-refractivity contribution >= 4 is 33.3 Å². The number of rotatable bonds is 8. The lowest BCUT2D eigenvalue weighted by molar-refractivity contribution is 0.0479. The van der Waals surface area contributed by atoms with Crippen molar-refractivity contribution in [3.63, 3.8) is 0 Å². The summed E-state index contributed by atoms with van der Waals surface area (Å²) in [6.45, 7) is 8.21. The molecular weight excluding hydrogens is 406 g/mol. The molecule has 0 atom stereocenters. The fourth-order valence-corrected chi connectivity index (χ4v) is 4.64. The van der Waals surface area contributed by atoms with Crippen molar-refractivity contribution < 1.29 is 19.1 Å². The van der Waals surface area contributed by atoms with Crippen LogP contribution >= 0.6 is 11.3 Å². The minimum Gasteiger partial charge on any atom is -0.453 e. The highest BCUT2D eigenvalue weighted by Crippen LogP contribution is 2.27. The second-order valence-corrected chi connectivity index (χ2v) is 8.17. The number of aryl methyl sites for hydroxylation is 3. The van der Waals surface area contributed by atoms with E-state index >= 15 is 0 Å². The smallest absolute Gasteiger partial charge is 0.349 e. The van der Waals surface area contributed by atoms with Crippen LogP contribution in [0.25, 0.3) is 10.2 Å². The van der Waals surface area contributed by atoms with Gasteiger partial charge in [-0.2, -0.15) is 0 Å². The van der Waals surface area contributed by atoms with Gasteiger partial charge in [-0.1, -0.05) is 0 Å². The summed E-state index contributed by atoms with van der Waals surface area (Å²) in [5.74, 6) is -0.417. The minimum absolute atomic E-state index is 0.264. The van der Waals surface area contributed by atoms with Crippen molar-refractivity contribution in [3.05, 3.63) is 49.6 Å². The van der Waals surface area contributed by atoms with Crippen LogP contribution in [0.5, 0.6) is 0 Å². The molecular formula is C21H25N3O5S. The van der Waals surface area contributed by atoms with Crippen molar-refractivity contribution in [3.8, 4) is 0 Å². The third-order valence-corrected chi connectivity index (χ3v) is 6.21. The Morgan fingerprint density at radius 3 is 2.67 bits per heavy atom. The first-order chi connectivity index (χ1) is 14.2. The van der Waals surface area contributed by atoms with E-state index < -0.39 is 5.97 Å². The van der Waals surface area contributed by atoms with Crippen LogP contribution in [-0.4, -0.2) is 46.6 Å². The highest BCUT2D eigenvalue weighted by Gasteiger charge is 2.22. The Morgan fingerprint density at radius 1 is 1.23 bits per heavy atom. The molecule has 3 heterocycles. The molecule has 0 aromatic carbocycles. The van der Waals surface area contributed by atoms with Crippen LogP contribution in [0, 0.1) is 27.7 Å². The van der Waals surface area contributed by atoms with Gasteiger partial charge in [0.15, 0.2) is 6.61 Å². The van der Waals surface area contributed by atoms with Gasteiger partial charge in [-0.3, -0.25) is 9.59 Å². The van der Waals surface area contributed by atoms with Crippen molar-refractivity contribution in [1.29, 1.82) is 0 Å². The van der Waals surface area contributed by atoms with Gasteiger partial charge in [-0.25, -0.2) is 9.78 Å². The molecule has 0 unspecified atom stereocenters. The van der Waals surface area contributed by atoms with Crippen LogP contribution in [0.4, 0.5) is 0 Å². The third-order valence-electron chi connectivity index (χ3n) is 5.04. The van der Waals surface area contributed by atoms with Gasteiger partial charge in [0.05, 0.1) is 5.39 Å². The number of ketones is 1. The average Bonchev–Trinajstić information content (AvgIpc) is 3.17. The summed E-state index contributed by atoms with van der Waals surface area (Å²) in [5, 5.41) is 0.378. The molecule has 0 spiro atoms. The maximum absolute atomic E-state index is 12.7. The molecule has 0 radical (unpaired) electrons. The first kappa shape index (κ1) is 21.9. The van der Waals surface area contributed by atoms with Crippen LogP contribution in [0.2, 0.25) is 0 Å². The average molecular weight is 432 g/mol. The molecule has 8 nitrogen and oxygen atoms in total. The number of esters is 1. The van der Waals surface area contributed by atoms with Crippen LogP contribution < -0.4 is 5.56 Å². The third kappa shape index (κ3) is 4.22. The predicted octanol–water partition coefficient (Wildman–Crippen LogP) is 3.10. The number of aromatic amines is 1. The second kappa shape index (κ2) is 8.93. The zero-order valence-electron chi connectivity index (χ0n) is 17.7. The van der Waals surface area contributed by atoms with Gasteiger partial charge in [-0.05, 0) is 45.7 Å². The summed E-state index contributed by atoms with van der Waals surface area (Å²) < 4.78 is 12.4. The molecule has 0 fully saturated rings. The number of carbonyl (C=O) groups excluding carboxylic acids is 2. The number of hydrogen-bond acceptors (Lipinski definition) is 7. The Morgan fingerprint density at radius 2 is 1.97 bits per heavy atom. The Hall–Kier alpha value is -2.78. The van der Waals surface area contributed by atoms with Gasteiger partial charge in [0.1, 0.15) is 15.5 Å². The van der Waals surface area contributed by atoms with E-state index in [9.17, 15) is 14.4 Å². The van der Waals surface area contributed by atoms with Gasteiger partial charge in [-0.15, -0.1) is 11.3 Å². The number of nitrogens with one attached hydrogen (secondary N) is 1. The van der Waals surface area contributed by atoms with Gasteiger partial charge >= 0.3 is 5.97 Å². The highest BCUT2D eigenvalue weighted by atomic mass is 32.1. The molecule has 3 aromatic heterocycles. The van der Waals surface area contributed by atoms with E-state index in [-0.39, 0.29) is 22.8 Å². The fraction of sp³-hybridized carbons (Fsp3) is 0.429. The number of fused-ring (bicyclic) bond motifs is 1. The highest BCUT2D eigenvalue weighted by molar-refractivity contribution is 7.20. The Bertz CT molecular complexity index is 1170. The number of ether oxygens (including phenoxy) is 2. The maximum Gasteiger partial charge on any atom is 0.349 e. The predicted molar refractivity (Wildman–Crippen MR) is 115 cm³/mol. The number of H-pyrrole nitrogens is 1. The summed E-state index contributed by atoms with van der Waals surface area (Å²) in [7, 11) is 1.66. The summed E-state index contributed by atoms with van der Waals surface area (Å²) in [4.78, 5) is 45.1. The topological polar surface area (TPSA) is 103 Å². The van der Waals surface area contributed by atoms with E-state index in [0.717, 1.165) is 35.7 Å². The molecule has 9 heteroatoms. The summed E-state index contributed by atoms with van der Waals surface area (Å²) in [6, 6.07) is 1.81. The van der Waals surface area contributed by atoms with Crippen LogP contribution in [0.3, 0.4) is 0 Å². The molecule has 0 bridgehead atoms. The lowest BCUT2D eigenvalue weighted by Crippen LogP contribution is -2.15. The van der Waals surface area contributed by atoms with Gasteiger partial charge in [0, 0.05) is 37.2 Å². The normalized spacial score (nSPS) is 11.2. The molecule has 0 aliphatic rings. The second-order valence-electron chi connectivity index (χ2n) is 7.17. The molecule has 3 rings (SSSR count). The molecule has 0 aliphatic carbocycles. The zero-order chi connectivity index (χ0) is 22.0.